The Morgan fingerprint density at radius 2 is 2.30 bits per heavy atom. The van der Waals surface area contributed by atoms with Crippen molar-refractivity contribution in [2.45, 2.75) is 18.9 Å². The summed E-state index contributed by atoms with van der Waals surface area (Å²) in [6.45, 7) is 1.30. The van der Waals surface area contributed by atoms with Crippen molar-refractivity contribution < 1.29 is 9.53 Å². The van der Waals surface area contributed by atoms with Gasteiger partial charge in [-0.2, -0.15) is 5.10 Å². The number of halogens is 1. The second kappa shape index (κ2) is 7.13. The lowest BCUT2D eigenvalue weighted by molar-refractivity contribution is -0.117. The first-order valence-electron chi connectivity index (χ1n) is 8.59. The molecular weight excluding hydrogens is 368 g/mol. The quantitative estimate of drug-likeness (QED) is 0.630. The van der Waals surface area contributed by atoms with Crippen LogP contribution in [0.3, 0.4) is 0 Å². The summed E-state index contributed by atoms with van der Waals surface area (Å²) in [6.07, 6.45) is 6.19. The second-order valence-corrected chi connectivity index (χ2v) is 6.98. The monoisotopic (exact) mass is 386 g/mol. The van der Waals surface area contributed by atoms with Gasteiger partial charge in [-0.1, -0.05) is 11.6 Å². The normalized spacial score (nSPS) is 18.6. The number of nitrogens with two attached hydrogens (primary N) is 1. The molecule has 1 saturated carbocycles. The Balaban J connectivity index is 1.43. The third-order valence-corrected chi connectivity index (χ3v) is 4.89. The van der Waals surface area contributed by atoms with E-state index in [0.717, 1.165) is 17.4 Å². The van der Waals surface area contributed by atoms with Crippen LogP contribution in [0.2, 0.25) is 5.15 Å². The van der Waals surface area contributed by atoms with Crippen LogP contribution in [0.15, 0.2) is 30.7 Å². The number of hydrogen-bond donors (Lipinski definition) is 2. The molecule has 2 unspecified atom stereocenters. The third-order valence-electron chi connectivity index (χ3n) is 4.70. The van der Waals surface area contributed by atoms with Gasteiger partial charge in [0.25, 0.3) is 0 Å². The van der Waals surface area contributed by atoms with Crippen LogP contribution in [0.1, 0.15) is 17.9 Å². The molecule has 1 aliphatic carbocycles. The van der Waals surface area contributed by atoms with Gasteiger partial charge in [-0.3, -0.25) is 9.48 Å². The Morgan fingerprint density at radius 3 is 3.11 bits per heavy atom. The number of carbonyl (C=O) groups excluding carboxylic acids is 1. The van der Waals surface area contributed by atoms with Crippen LogP contribution >= 0.6 is 11.6 Å². The number of pyridine rings is 2. The fraction of sp³-hybridized carbons (Fsp3) is 0.333. The van der Waals surface area contributed by atoms with E-state index in [1.807, 2.05) is 17.1 Å². The lowest BCUT2D eigenvalue weighted by Crippen LogP contribution is -2.15. The van der Waals surface area contributed by atoms with Crippen LogP contribution in [0.25, 0.3) is 10.8 Å². The van der Waals surface area contributed by atoms with Crippen molar-refractivity contribution >= 4 is 39.9 Å². The molecular formula is C18H19ClN6O2. The summed E-state index contributed by atoms with van der Waals surface area (Å²) < 4.78 is 6.88. The van der Waals surface area contributed by atoms with E-state index >= 15 is 0 Å². The van der Waals surface area contributed by atoms with Crippen molar-refractivity contribution in [3.05, 3.63) is 41.4 Å². The summed E-state index contributed by atoms with van der Waals surface area (Å²) in [5.74, 6) is 0.848. The maximum atomic E-state index is 12.5. The Kier molecular flexibility index (Phi) is 4.67. The number of nitrogen functional groups attached to an aromatic ring is 1. The summed E-state index contributed by atoms with van der Waals surface area (Å²) in [6, 6.07) is 3.44. The number of rotatable bonds is 6. The molecule has 1 aliphatic rings. The molecule has 3 heterocycles. The van der Waals surface area contributed by atoms with E-state index in [1.165, 1.54) is 0 Å². The molecule has 2 atom stereocenters. The molecule has 3 aromatic rings. The summed E-state index contributed by atoms with van der Waals surface area (Å²) >= 11 is 5.95. The zero-order valence-electron chi connectivity index (χ0n) is 14.7. The summed E-state index contributed by atoms with van der Waals surface area (Å²) in [5, 5.41) is 8.96. The number of methoxy groups -OCH3 is 1. The van der Waals surface area contributed by atoms with Gasteiger partial charge >= 0.3 is 0 Å². The van der Waals surface area contributed by atoms with E-state index in [0.29, 0.717) is 35.3 Å². The van der Waals surface area contributed by atoms with Crippen LogP contribution in [0, 0.1) is 5.92 Å². The highest BCUT2D eigenvalue weighted by Gasteiger charge is 2.44. The third kappa shape index (κ3) is 3.72. The number of amides is 1. The van der Waals surface area contributed by atoms with Gasteiger partial charge in [0.1, 0.15) is 16.8 Å². The summed E-state index contributed by atoms with van der Waals surface area (Å²) in [5.41, 5.74) is 6.92. The number of aromatic nitrogens is 4. The minimum Gasteiger partial charge on any atom is -0.383 e. The average Bonchev–Trinajstić information content (AvgIpc) is 3.30. The van der Waals surface area contributed by atoms with Crippen molar-refractivity contribution in [3.63, 3.8) is 0 Å². The van der Waals surface area contributed by atoms with E-state index in [-0.39, 0.29) is 17.7 Å². The van der Waals surface area contributed by atoms with Crippen LogP contribution in [0.4, 0.5) is 11.6 Å². The van der Waals surface area contributed by atoms with Crippen molar-refractivity contribution in [3.8, 4) is 0 Å². The number of nitrogens with one attached hydrogen (secondary N) is 1. The van der Waals surface area contributed by atoms with Crippen molar-refractivity contribution in [2.75, 3.05) is 24.8 Å². The van der Waals surface area contributed by atoms with Gasteiger partial charge in [-0.25, -0.2) is 9.97 Å². The summed E-state index contributed by atoms with van der Waals surface area (Å²) in [4.78, 5) is 20.8. The molecule has 140 valence electrons. The average molecular weight is 387 g/mol. The van der Waals surface area contributed by atoms with Gasteiger partial charge in [0.2, 0.25) is 5.91 Å². The van der Waals surface area contributed by atoms with Crippen LogP contribution < -0.4 is 11.1 Å². The zero-order chi connectivity index (χ0) is 19.0. The molecule has 3 N–H and O–H groups in total. The second-order valence-electron chi connectivity index (χ2n) is 6.59. The SMILES string of the molecule is COCCn1cc(C2CC2C(=O)Nc2cc3cc(Cl)nc(N)c3cn2)cn1. The van der Waals surface area contributed by atoms with Gasteiger partial charge in [-0.15, -0.1) is 0 Å². The largest absolute Gasteiger partial charge is 0.383 e. The summed E-state index contributed by atoms with van der Waals surface area (Å²) in [7, 11) is 1.66. The first-order chi connectivity index (χ1) is 13.0. The molecule has 0 saturated heterocycles. The lowest BCUT2D eigenvalue weighted by atomic mass is 10.2. The lowest BCUT2D eigenvalue weighted by Gasteiger charge is -2.07. The van der Waals surface area contributed by atoms with E-state index in [9.17, 15) is 4.79 Å². The van der Waals surface area contributed by atoms with E-state index in [4.69, 9.17) is 22.1 Å². The molecule has 0 spiro atoms. The van der Waals surface area contributed by atoms with E-state index in [2.05, 4.69) is 20.4 Å². The maximum absolute atomic E-state index is 12.5. The van der Waals surface area contributed by atoms with E-state index < -0.39 is 0 Å². The molecule has 0 aliphatic heterocycles. The van der Waals surface area contributed by atoms with Crippen molar-refractivity contribution in [2.24, 2.45) is 5.92 Å². The topological polar surface area (TPSA) is 108 Å². The van der Waals surface area contributed by atoms with Crippen LogP contribution in [0.5, 0.6) is 0 Å². The first kappa shape index (κ1) is 17.7. The Hall–Kier alpha value is -2.71. The predicted octanol–water partition coefficient (Wildman–Crippen LogP) is 2.45. The number of nitrogens with zero attached hydrogens (tertiary/aromatic N) is 4. The highest BCUT2D eigenvalue weighted by atomic mass is 35.5. The Labute approximate surface area is 160 Å². The van der Waals surface area contributed by atoms with Gasteiger partial charge < -0.3 is 15.8 Å². The fourth-order valence-electron chi connectivity index (χ4n) is 3.16. The van der Waals surface area contributed by atoms with Gasteiger partial charge in [0.05, 0.1) is 19.3 Å². The predicted molar refractivity (Wildman–Crippen MR) is 103 cm³/mol. The van der Waals surface area contributed by atoms with Crippen LogP contribution in [-0.4, -0.2) is 39.4 Å². The molecule has 8 nitrogen and oxygen atoms in total. The first-order valence-corrected chi connectivity index (χ1v) is 8.97. The number of carbonyl (C=O) groups is 1. The van der Waals surface area contributed by atoms with Gasteiger partial charge in [0, 0.05) is 30.8 Å². The molecule has 0 bridgehead atoms. The maximum Gasteiger partial charge on any atom is 0.229 e. The highest BCUT2D eigenvalue weighted by Crippen LogP contribution is 2.47. The number of hydrogen-bond acceptors (Lipinski definition) is 6. The molecule has 4 rings (SSSR count). The van der Waals surface area contributed by atoms with Gasteiger partial charge in [-0.05, 0) is 35.4 Å². The molecule has 9 heteroatoms. The minimum absolute atomic E-state index is 0.0513. The fourth-order valence-corrected chi connectivity index (χ4v) is 3.37. The number of ether oxygens (including phenoxy) is 1. The highest BCUT2D eigenvalue weighted by molar-refractivity contribution is 6.30. The number of anilines is 2. The standard InChI is InChI=1S/C18H19ClN6O2/c1-27-3-2-25-9-11(7-22-25)12-6-13(12)18(26)24-16-5-10-4-15(19)23-17(20)14(10)8-21-16/h4-5,7-9,12-13H,2-3,6H2,1H3,(H2,20,23)(H,21,24,26). The van der Waals surface area contributed by atoms with Crippen LogP contribution in [-0.2, 0) is 16.1 Å². The molecule has 1 amide bonds. The molecule has 27 heavy (non-hydrogen) atoms. The van der Waals surface area contributed by atoms with Crippen molar-refractivity contribution in [1.82, 2.24) is 19.7 Å². The Morgan fingerprint density at radius 1 is 1.44 bits per heavy atom. The molecule has 1 fully saturated rings. The van der Waals surface area contributed by atoms with Crippen molar-refractivity contribution in [1.29, 1.82) is 0 Å². The number of fused-ring (bicyclic) bond motifs is 1. The molecule has 3 aromatic heterocycles. The Bertz CT molecular complexity index is 1000. The van der Waals surface area contributed by atoms with Gasteiger partial charge in [0.15, 0.2) is 0 Å². The minimum atomic E-state index is -0.0753. The van der Waals surface area contributed by atoms with E-state index in [1.54, 1.807) is 25.4 Å². The molecule has 0 radical (unpaired) electrons. The smallest absolute Gasteiger partial charge is 0.229 e. The molecule has 0 aromatic carbocycles. The zero-order valence-corrected chi connectivity index (χ0v) is 15.5.